The fraction of sp³-hybridized carbons (Fsp3) is 0.312. The lowest BCUT2D eigenvalue weighted by atomic mass is 9.96. The summed E-state index contributed by atoms with van der Waals surface area (Å²) in [6.45, 7) is 10.8. The third kappa shape index (κ3) is 4.99. The maximum atomic E-state index is 5.96. The largest absolute Gasteiger partial charge is 0.378 e. The monoisotopic (exact) mass is 538 g/mol. The number of thiocarbonyl (C=S) groups is 1. The predicted molar refractivity (Wildman–Crippen MR) is 168 cm³/mol. The minimum absolute atomic E-state index is 0.0486. The number of rotatable bonds is 8. The number of pyridine rings is 1. The van der Waals surface area contributed by atoms with Crippen LogP contribution >= 0.6 is 12.2 Å². The maximum Gasteiger partial charge on any atom is 0.174 e. The average molecular weight is 539 g/mol. The molecule has 5 rings (SSSR count). The van der Waals surface area contributed by atoms with Crippen molar-refractivity contribution in [1.82, 2.24) is 14.9 Å². The number of hydrogen-bond donors (Lipinski definition) is 1. The molecule has 0 spiro atoms. The van der Waals surface area contributed by atoms with Gasteiger partial charge in [-0.1, -0.05) is 6.07 Å². The molecule has 6 nitrogen and oxygen atoms in total. The van der Waals surface area contributed by atoms with Crippen molar-refractivity contribution in [2.75, 3.05) is 41.9 Å². The Morgan fingerprint density at radius 1 is 0.872 bits per heavy atom. The van der Waals surface area contributed by atoms with Crippen molar-refractivity contribution in [3.05, 3.63) is 102 Å². The van der Waals surface area contributed by atoms with Crippen LogP contribution in [0, 0.1) is 13.8 Å². The lowest BCUT2D eigenvalue weighted by molar-refractivity contribution is 0.565. The zero-order valence-electron chi connectivity index (χ0n) is 23.7. The van der Waals surface area contributed by atoms with Gasteiger partial charge in [-0.25, -0.2) is 0 Å². The molecule has 1 aliphatic rings. The first-order chi connectivity index (χ1) is 18.8. The molecule has 202 valence electrons. The molecule has 0 amide bonds. The number of hydrogen-bond acceptors (Lipinski definition) is 4. The summed E-state index contributed by atoms with van der Waals surface area (Å²) in [5, 5.41) is 4.31. The van der Waals surface area contributed by atoms with E-state index in [-0.39, 0.29) is 12.1 Å². The van der Waals surface area contributed by atoms with Crippen molar-refractivity contribution < 1.29 is 0 Å². The van der Waals surface area contributed by atoms with E-state index in [9.17, 15) is 0 Å². The van der Waals surface area contributed by atoms with Crippen LogP contribution in [0.4, 0.5) is 17.1 Å². The van der Waals surface area contributed by atoms with Crippen LogP contribution in [0.3, 0.4) is 0 Å². The summed E-state index contributed by atoms with van der Waals surface area (Å²) in [7, 11) is 4.11. The molecule has 7 heteroatoms. The highest BCUT2D eigenvalue weighted by Gasteiger charge is 2.42. The third-order valence-electron chi connectivity index (χ3n) is 7.77. The van der Waals surface area contributed by atoms with Crippen molar-refractivity contribution >= 4 is 34.4 Å². The average Bonchev–Trinajstić information content (AvgIpc) is 3.45. The summed E-state index contributed by atoms with van der Waals surface area (Å²) < 4.78 is 2.35. The Morgan fingerprint density at radius 3 is 2.10 bits per heavy atom. The summed E-state index contributed by atoms with van der Waals surface area (Å²) in [5.41, 5.74) is 9.24. The highest BCUT2D eigenvalue weighted by atomic mass is 32.1. The van der Waals surface area contributed by atoms with E-state index in [1.165, 1.54) is 22.6 Å². The first kappa shape index (κ1) is 26.8. The van der Waals surface area contributed by atoms with Gasteiger partial charge in [0.05, 0.1) is 17.8 Å². The molecule has 1 fully saturated rings. The second-order valence-corrected chi connectivity index (χ2v) is 10.6. The van der Waals surface area contributed by atoms with Crippen molar-refractivity contribution in [2.45, 2.75) is 39.8 Å². The highest BCUT2D eigenvalue weighted by molar-refractivity contribution is 7.80. The molecule has 2 aromatic carbocycles. The van der Waals surface area contributed by atoms with Crippen LogP contribution < -0.4 is 20.0 Å². The van der Waals surface area contributed by atoms with E-state index in [1.807, 2.05) is 18.3 Å². The summed E-state index contributed by atoms with van der Waals surface area (Å²) in [5.74, 6) is 0. The zero-order valence-corrected chi connectivity index (χ0v) is 24.5. The first-order valence-electron chi connectivity index (χ1n) is 13.7. The SMILES string of the molecule is CCN(CC)c1ccc(-n2c(C)cc([C@H]3[C@H](c4ccccn4)NC(=S)N3c3ccc(N(C)C)cc3)c2C)cc1. The van der Waals surface area contributed by atoms with Crippen LogP contribution in [0.15, 0.2) is 79.0 Å². The topological polar surface area (TPSA) is 39.6 Å². The quantitative estimate of drug-likeness (QED) is 0.256. The molecular weight excluding hydrogens is 500 g/mol. The van der Waals surface area contributed by atoms with Gasteiger partial charge in [-0.05, 0) is 112 Å². The Balaban J connectivity index is 1.60. The highest BCUT2D eigenvalue weighted by Crippen LogP contribution is 2.44. The molecule has 4 aromatic rings. The van der Waals surface area contributed by atoms with Crippen LogP contribution in [-0.4, -0.2) is 41.8 Å². The van der Waals surface area contributed by atoms with Gasteiger partial charge in [0.2, 0.25) is 0 Å². The summed E-state index contributed by atoms with van der Waals surface area (Å²) in [6, 6.07) is 25.8. The lowest BCUT2D eigenvalue weighted by Crippen LogP contribution is -2.29. The number of nitrogens with zero attached hydrogens (tertiary/aromatic N) is 5. The molecule has 3 heterocycles. The van der Waals surface area contributed by atoms with E-state index in [1.54, 1.807) is 0 Å². The van der Waals surface area contributed by atoms with Gasteiger partial charge in [-0.2, -0.15) is 0 Å². The molecule has 1 aliphatic heterocycles. The fourth-order valence-corrected chi connectivity index (χ4v) is 6.09. The van der Waals surface area contributed by atoms with Crippen molar-refractivity contribution in [3.8, 4) is 5.69 Å². The molecule has 2 atom stereocenters. The lowest BCUT2D eigenvalue weighted by Gasteiger charge is -2.28. The Kier molecular flexibility index (Phi) is 7.62. The molecule has 0 radical (unpaired) electrons. The third-order valence-corrected chi connectivity index (χ3v) is 8.08. The van der Waals surface area contributed by atoms with Gasteiger partial charge in [-0.15, -0.1) is 0 Å². The van der Waals surface area contributed by atoms with E-state index in [0.717, 1.165) is 35.8 Å². The Morgan fingerprint density at radius 2 is 1.51 bits per heavy atom. The van der Waals surface area contributed by atoms with Crippen LogP contribution in [-0.2, 0) is 0 Å². The van der Waals surface area contributed by atoms with E-state index in [4.69, 9.17) is 17.2 Å². The molecule has 0 aliphatic carbocycles. The molecule has 0 unspecified atom stereocenters. The Hall–Kier alpha value is -3.84. The van der Waals surface area contributed by atoms with Crippen LogP contribution in [0.25, 0.3) is 5.69 Å². The van der Waals surface area contributed by atoms with Gasteiger partial charge in [-0.3, -0.25) is 4.98 Å². The Labute approximate surface area is 237 Å². The minimum atomic E-state index is -0.0776. The molecular formula is C32H38N6S. The van der Waals surface area contributed by atoms with E-state index in [2.05, 4.69) is 127 Å². The Bertz CT molecular complexity index is 1420. The van der Waals surface area contributed by atoms with Gasteiger partial charge < -0.3 is 24.6 Å². The number of benzene rings is 2. The van der Waals surface area contributed by atoms with Gasteiger partial charge in [0.15, 0.2) is 5.11 Å². The van der Waals surface area contributed by atoms with Gasteiger partial charge in [0, 0.05) is 67.5 Å². The smallest absolute Gasteiger partial charge is 0.174 e. The zero-order chi connectivity index (χ0) is 27.7. The molecule has 2 aromatic heterocycles. The van der Waals surface area contributed by atoms with E-state index in [0.29, 0.717) is 5.11 Å². The summed E-state index contributed by atoms with van der Waals surface area (Å²) in [6.07, 6.45) is 1.85. The van der Waals surface area contributed by atoms with Gasteiger partial charge in [0.25, 0.3) is 0 Å². The predicted octanol–water partition coefficient (Wildman–Crippen LogP) is 6.58. The first-order valence-corrected chi connectivity index (χ1v) is 14.1. The van der Waals surface area contributed by atoms with Crippen molar-refractivity contribution in [2.24, 2.45) is 0 Å². The summed E-state index contributed by atoms with van der Waals surface area (Å²) in [4.78, 5) is 11.5. The molecule has 39 heavy (non-hydrogen) atoms. The number of anilines is 3. The minimum Gasteiger partial charge on any atom is -0.378 e. The van der Waals surface area contributed by atoms with Crippen molar-refractivity contribution in [3.63, 3.8) is 0 Å². The number of nitrogens with one attached hydrogen (secondary N) is 1. The fourth-order valence-electron chi connectivity index (χ4n) is 5.75. The van der Waals surface area contributed by atoms with Gasteiger partial charge >= 0.3 is 0 Å². The van der Waals surface area contributed by atoms with Crippen LogP contribution in [0.2, 0.25) is 0 Å². The van der Waals surface area contributed by atoms with Crippen molar-refractivity contribution in [1.29, 1.82) is 0 Å². The molecule has 1 N–H and O–H groups in total. The second-order valence-electron chi connectivity index (χ2n) is 10.3. The van der Waals surface area contributed by atoms with Crippen LogP contribution in [0.5, 0.6) is 0 Å². The van der Waals surface area contributed by atoms with Crippen LogP contribution in [0.1, 0.15) is 48.6 Å². The van der Waals surface area contributed by atoms with Gasteiger partial charge in [0.1, 0.15) is 0 Å². The molecule has 1 saturated heterocycles. The van der Waals surface area contributed by atoms with E-state index < -0.39 is 0 Å². The molecule has 0 bridgehead atoms. The second kappa shape index (κ2) is 11.1. The van der Waals surface area contributed by atoms with E-state index >= 15 is 0 Å². The number of aryl methyl sites for hydroxylation is 1. The molecule has 0 saturated carbocycles. The summed E-state index contributed by atoms with van der Waals surface area (Å²) >= 11 is 5.96. The standard InChI is InChI=1S/C32H38N6S/c1-7-36(8-2)25-14-18-26(19-15-25)37-22(3)21-28(23(37)4)31-30(29-11-9-10-20-33-29)34-32(39)38(31)27-16-12-24(13-17-27)35(5)6/h9-21,30-31H,7-8H2,1-6H3,(H,34,39)/t30-,31-/m0/s1. The normalized spacial score (nSPS) is 16.9. The maximum absolute atomic E-state index is 5.96. The number of aromatic nitrogens is 2.